The highest BCUT2D eigenvalue weighted by Gasteiger charge is 2.27. The Morgan fingerprint density at radius 1 is 0.562 bits per heavy atom. The molecule has 0 bridgehead atoms. The maximum absolute atomic E-state index is 6.22. The third-order valence-corrected chi connectivity index (χ3v) is 6.75. The van der Waals surface area contributed by atoms with Crippen LogP contribution in [0.3, 0.4) is 0 Å². The first-order valence-corrected chi connectivity index (χ1v) is 10.8. The van der Waals surface area contributed by atoms with Crippen molar-refractivity contribution in [3.05, 3.63) is 97.1 Å². The lowest BCUT2D eigenvalue weighted by Gasteiger charge is -2.21. The summed E-state index contributed by atoms with van der Waals surface area (Å²) >= 11 is 0. The van der Waals surface area contributed by atoms with Gasteiger partial charge in [0.2, 0.25) is 0 Å². The molecule has 0 amide bonds. The minimum absolute atomic E-state index is 0.846. The molecule has 0 spiro atoms. The zero-order chi connectivity index (χ0) is 20.8. The van der Waals surface area contributed by atoms with E-state index in [1.54, 1.807) is 0 Å². The number of ether oxygens (including phenoxy) is 1. The van der Waals surface area contributed by atoms with Crippen LogP contribution in [0.4, 0.5) is 0 Å². The molecule has 0 unspecified atom stereocenters. The van der Waals surface area contributed by atoms with Gasteiger partial charge in [0.05, 0.1) is 11.2 Å². The summed E-state index contributed by atoms with van der Waals surface area (Å²) in [4.78, 5) is 5.12. The van der Waals surface area contributed by atoms with Gasteiger partial charge in [0.25, 0.3) is 0 Å². The van der Waals surface area contributed by atoms with Crippen LogP contribution in [0, 0.1) is 0 Å². The SMILES string of the molecule is c1ccc2c(c1)Oc1cccc3nc(-c4ccc5c6c(cccc46)-c4ccccc4-5)n-2c13. The summed E-state index contributed by atoms with van der Waals surface area (Å²) in [6, 6.07) is 34.1. The van der Waals surface area contributed by atoms with E-state index in [0.29, 0.717) is 0 Å². The highest BCUT2D eigenvalue weighted by molar-refractivity contribution is 6.18. The molecule has 1 aliphatic heterocycles. The van der Waals surface area contributed by atoms with Crippen LogP contribution in [0.25, 0.3) is 61.1 Å². The highest BCUT2D eigenvalue weighted by atomic mass is 16.5. The van der Waals surface area contributed by atoms with Gasteiger partial charge in [-0.15, -0.1) is 0 Å². The molecule has 0 fully saturated rings. The predicted molar refractivity (Wildman–Crippen MR) is 129 cm³/mol. The second-order valence-corrected chi connectivity index (χ2v) is 8.40. The van der Waals surface area contributed by atoms with Crippen molar-refractivity contribution in [1.29, 1.82) is 0 Å². The molecule has 2 aliphatic rings. The Hall–Kier alpha value is -4.37. The maximum atomic E-state index is 6.22. The lowest BCUT2D eigenvalue weighted by molar-refractivity contribution is 0.476. The van der Waals surface area contributed by atoms with Gasteiger partial charge in [0.15, 0.2) is 11.5 Å². The minimum atomic E-state index is 0.846. The number of benzene rings is 5. The van der Waals surface area contributed by atoms with Gasteiger partial charge in [-0.2, -0.15) is 0 Å². The molecule has 0 N–H and O–H groups in total. The Morgan fingerprint density at radius 2 is 1.25 bits per heavy atom. The average Bonchev–Trinajstić information content (AvgIpc) is 3.39. The number of para-hydroxylation sites is 3. The first-order valence-electron chi connectivity index (χ1n) is 10.8. The smallest absolute Gasteiger partial charge is 0.153 e. The average molecular weight is 408 g/mol. The fourth-order valence-corrected chi connectivity index (χ4v) is 5.44. The summed E-state index contributed by atoms with van der Waals surface area (Å²) in [5.74, 6) is 2.64. The molecule has 2 heterocycles. The fraction of sp³-hybridized carbons (Fsp3) is 0. The van der Waals surface area contributed by atoms with Gasteiger partial charge in [-0.1, -0.05) is 66.7 Å². The van der Waals surface area contributed by atoms with E-state index in [0.717, 1.165) is 39.6 Å². The first-order chi connectivity index (χ1) is 15.9. The summed E-state index contributed by atoms with van der Waals surface area (Å²) < 4.78 is 8.48. The molecule has 0 saturated heterocycles. The molecule has 1 aromatic heterocycles. The van der Waals surface area contributed by atoms with Crippen LogP contribution < -0.4 is 4.74 Å². The molecule has 0 atom stereocenters. The van der Waals surface area contributed by atoms with Crippen molar-refractivity contribution >= 4 is 21.8 Å². The zero-order valence-electron chi connectivity index (χ0n) is 17.0. The summed E-state index contributed by atoms with van der Waals surface area (Å²) in [5.41, 5.74) is 9.34. The van der Waals surface area contributed by atoms with Crippen LogP contribution in [0.2, 0.25) is 0 Å². The largest absolute Gasteiger partial charge is 0.453 e. The molecule has 8 rings (SSSR count). The Labute approximate surface area is 184 Å². The Morgan fingerprint density at radius 3 is 2.16 bits per heavy atom. The van der Waals surface area contributed by atoms with Crippen LogP contribution in [0.15, 0.2) is 97.1 Å². The lowest BCUT2D eigenvalue weighted by atomic mass is 9.98. The molecule has 1 aliphatic carbocycles. The van der Waals surface area contributed by atoms with E-state index in [1.165, 1.54) is 33.0 Å². The maximum Gasteiger partial charge on any atom is 0.153 e. The molecule has 5 aromatic carbocycles. The summed E-state index contributed by atoms with van der Waals surface area (Å²) in [6.07, 6.45) is 0. The van der Waals surface area contributed by atoms with E-state index in [-0.39, 0.29) is 0 Å². The second kappa shape index (κ2) is 5.65. The Kier molecular flexibility index (Phi) is 2.89. The molecular formula is C29H16N2O. The van der Waals surface area contributed by atoms with Crippen molar-refractivity contribution in [3.8, 4) is 50.8 Å². The van der Waals surface area contributed by atoms with Gasteiger partial charge in [-0.3, -0.25) is 4.57 Å². The standard InChI is InChI=1S/C29H16N2O/c1-2-8-18-17(7-1)19-9-5-10-20-22(16-15-21(18)27(19)20)29-30-23-11-6-14-26-28(23)31(29)24-12-3-4-13-25(24)32-26/h1-16H. The Bertz CT molecular complexity index is 1730. The van der Waals surface area contributed by atoms with Crippen molar-refractivity contribution in [2.24, 2.45) is 0 Å². The molecule has 148 valence electrons. The molecule has 32 heavy (non-hydrogen) atoms. The number of rotatable bonds is 1. The number of aromatic nitrogens is 2. The van der Waals surface area contributed by atoms with E-state index < -0.39 is 0 Å². The number of hydrogen-bond donors (Lipinski definition) is 0. The summed E-state index contributed by atoms with van der Waals surface area (Å²) in [5, 5.41) is 2.54. The topological polar surface area (TPSA) is 27.1 Å². The van der Waals surface area contributed by atoms with Crippen molar-refractivity contribution in [2.75, 3.05) is 0 Å². The predicted octanol–water partition coefficient (Wildman–Crippen LogP) is 7.60. The summed E-state index contributed by atoms with van der Waals surface area (Å²) in [7, 11) is 0. The fourth-order valence-electron chi connectivity index (χ4n) is 5.44. The van der Waals surface area contributed by atoms with Crippen LogP contribution in [-0.4, -0.2) is 9.55 Å². The molecule has 0 radical (unpaired) electrons. The monoisotopic (exact) mass is 408 g/mol. The van der Waals surface area contributed by atoms with Crippen LogP contribution in [0.1, 0.15) is 0 Å². The van der Waals surface area contributed by atoms with Gasteiger partial charge >= 0.3 is 0 Å². The molecular weight excluding hydrogens is 392 g/mol. The van der Waals surface area contributed by atoms with Gasteiger partial charge in [0.1, 0.15) is 11.3 Å². The number of hydrogen-bond acceptors (Lipinski definition) is 2. The number of nitrogens with zero attached hydrogens (tertiary/aromatic N) is 2. The van der Waals surface area contributed by atoms with Crippen LogP contribution in [0.5, 0.6) is 11.5 Å². The first kappa shape index (κ1) is 16.3. The van der Waals surface area contributed by atoms with Crippen molar-refractivity contribution in [1.82, 2.24) is 9.55 Å². The van der Waals surface area contributed by atoms with Crippen LogP contribution in [-0.2, 0) is 0 Å². The van der Waals surface area contributed by atoms with E-state index in [1.807, 2.05) is 24.3 Å². The van der Waals surface area contributed by atoms with Crippen molar-refractivity contribution in [2.45, 2.75) is 0 Å². The van der Waals surface area contributed by atoms with Crippen LogP contribution >= 0.6 is 0 Å². The van der Waals surface area contributed by atoms with E-state index in [2.05, 4.69) is 77.4 Å². The van der Waals surface area contributed by atoms with E-state index in [9.17, 15) is 0 Å². The minimum Gasteiger partial charge on any atom is -0.453 e. The number of imidazole rings is 1. The van der Waals surface area contributed by atoms with Crippen molar-refractivity contribution < 1.29 is 4.74 Å². The third-order valence-electron chi connectivity index (χ3n) is 6.75. The lowest BCUT2D eigenvalue weighted by Crippen LogP contribution is -2.05. The molecule has 0 saturated carbocycles. The second-order valence-electron chi connectivity index (χ2n) is 8.40. The zero-order valence-corrected chi connectivity index (χ0v) is 17.0. The quantitative estimate of drug-likeness (QED) is 0.280. The van der Waals surface area contributed by atoms with Crippen molar-refractivity contribution in [3.63, 3.8) is 0 Å². The van der Waals surface area contributed by atoms with E-state index >= 15 is 0 Å². The molecule has 6 aromatic rings. The van der Waals surface area contributed by atoms with Gasteiger partial charge in [-0.05, 0) is 63.4 Å². The van der Waals surface area contributed by atoms with Gasteiger partial charge in [0, 0.05) is 5.56 Å². The van der Waals surface area contributed by atoms with Gasteiger partial charge in [-0.25, -0.2) is 4.98 Å². The van der Waals surface area contributed by atoms with E-state index in [4.69, 9.17) is 9.72 Å². The highest BCUT2D eigenvalue weighted by Crippen LogP contribution is 2.50. The molecule has 3 nitrogen and oxygen atoms in total. The Balaban J connectivity index is 1.51. The molecule has 3 heteroatoms. The normalized spacial score (nSPS) is 12.6. The number of fused-ring (bicyclic) bond motifs is 5. The third kappa shape index (κ3) is 1.89. The van der Waals surface area contributed by atoms with Gasteiger partial charge < -0.3 is 4.74 Å². The summed E-state index contributed by atoms with van der Waals surface area (Å²) in [6.45, 7) is 0.